The molecule has 1 aromatic carbocycles. The highest BCUT2D eigenvalue weighted by atomic mass is 32.1. The van der Waals surface area contributed by atoms with Gasteiger partial charge < -0.3 is 20.5 Å². The van der Waals surface area contributed by atoms with E-state index < -0.39 is 17.8 Å². The Morgan fingerprint density at radius 3 is 2.81 bits per heavy atom. The molecule has 1 atom stereocenters. The lowest BCUT2D eigenvalue weighted by Gasteiger charge is -2.29. The quantitative estimate of drug-likeness (QED) is 0.523. The molecular formula is C21H28FN5O4S. The average molecular weight is 466 g/mol. The second kappa shape index (κ2) is 11.2. The number of carbonyl (C=O) groups excluding carboxylic acids is 2. The van der Waals surface area contributed by atoms with Crippen LogP contribution in [0.2, 0.25) is 0 Å². The van der Waals surface area contributed by atoms with E-state index in [2.05, 4.69) is 19.9 Å². The number of nitrogens with two attached hydrogens (primary N) is 1. The van der Waals surface area contributed by atoms with E-state index >= 15 is 0 Å². The molecule has 1 unspecified atom stereocenters. The van der Waals surface area contributed by atoms with Gasteiger partial charge in [0, 0.05) is 31.7 Å². The summed E-state index contributed by atoms with van der Waals surface area (Å²) in [6, 6.07) is 4.29. The maximum absolute atomic E-state index is 14.0. The number of rotatable bonds is 9. The number of aromatic nitrogens is 1. The molecule has 1 aliphatic rings. The molecule has 9 nitrogen and oxygen atoms in total. The van der Waals surface area contributed by atoms with Crippen molar-refractivity contribution in [3.63, 3.8) is 0 Å². The van der Waals surface area contributed by atoms with Crippen LogP contribution in [0.15, 0.2) is 18.2 Å². The highest BCUT2D eigenvalue weighted by Gasteiger charge is 2.22. The first kappa shape index (κ1) is 23.9. The van der Waals surface area contributed by atoms with E-state index in [1.807, 2.05) is 6.92 Å². The number of carbonyl (C=O) groups is 2. The van der Waals surface area contributed by atoms with Crippen molar-refractivity contribution >= 4 is 28.5 Å². The number of primary amides is 1. The van der Waals surface area contributed by atoms with E-state index in [9.17, 15) is 14.0 Å². The van der Waals surface area contributed by atoms with Gasteiger partial charge in [0.15, 0.2) is 0 Å². The lowest BCUT2D eigenvalue weighted by molar-refractivity contribution is 0.0320. The predicted molar refractivity (Wildman–Crippen MR) is 120 cm³/mol. The van der Waals surface area contributed by atoms with Gasteiger partial charge in [-0.1, -0.05) is 19.1 Å². The molecule has 3 amide bonds. The number of nitrogens with zero attached hydrogens (tertiary/aromatic N) is 2. The van der Waals surface area contributed by atoms with Gasteiger partial charge in [-0.3, -0.25) is 15.0 Å². The minimum absolute atomic E-state index is 0.0426. The van der Waals surface area contributed by atoms with Crippen molar-refractivity contribution < 1.29 is 23.5 Å². The Labute approximate surface area is 190 Å². The molecule has 1 aliphatic heterocycles. The van der Waals surface area contributed by atoms with Crippen molar-refractivity contribution in [3.05, 3.63) is 40.7 Å². The number of halogens is 1. The third-order valence-electron chi connectivity index (χ3n) is 4.99. The zero-order chi connectivity index (χ0) is 23.1. The topological polar surface area (TPSA) is 119 Å². The van der Waals surface area contributed by atoms with E-state index in [-0.39, 0.29) is 29.0 Å². The monoisotopic (exact) mass is 465 g/mol. The highest BCUT2D eigenvalue weighted by molar-refractivity contribution is 7.11. The van der Waals surface area contributed by atoms with Gasteiger partial charge in [-0.25, -0.2) is 9.18 Å². The number of nitrogens with one attached hydrogen (secondary N) is 2. The Balaban J connectivity index is 1.54. The number of morpholine rings is 1. The summed E-state index contributed by atoms with van der Waals surface area (Å²) in [5.74, 6) is -1.02. The largest absolute Gasteiger partial charge is 0.471 e. The minimum Gasteiger partial charge on any atom is -0.471 e. The first-order valence-electron chi connectivity index (χ1n) is 10.4. The second-order valence-electron chi connectivity index (χ2n) is 7.79. The maximum atomic E-state index is 14.0. The zero-order valence-electron chi connectivity index (χ0n) is 18.2. The van der Waals surface area contributed by atoms with E-state index in [0.717, 1.165) is 49.9 Å². The standard InChI is InChI=1S/C21H28FN5O4S/c1-13-3-4-15(16(22)9-13)12-31-19-17(18(23)28)20(32-26-19)25-21(29)24-10-14(2)11-27-5-7-30-8-6-27/h3-4,9,14H,5-8,10-12H2,1-2H3,(H2,23,28)(H2,24,25,29). The first-order valence-corrected chi connectivity index (χ1v) is 11.1. The molecule has 11 heteroatoms. The summed E-state index contributed by atoms with van der Waals surface area (Å²) in [5, 5.41) is 5.58. The fraction of sp³-hybridized carbons (Fsp3) is 0.476. The van der Waals surface area contributed by atoms with Crippen LogP contribution in [-0.2, 0) is 11.3 Å². The van der Waals surface area contributed by atoms with Crippen LogP contribution in [0.4, 0.5) is 14.2 Å². The molecule has 1 saturated heterocycles. The van der Waals surface area contributed by atoms with Gasteiger partial charge in [0.05, 0.1) is 13.2 Å². The molecule has 0 saturated carbocycles. The molecule has 1 aromatic heterocycles. The second-order valence-corrected chi connectivity index (χ2v) is 8.57. The SMILES string of the molecule is Cc1ccc(COc2nsc(NC(=O)NCC(C)CN3CCOCC3)c2C(N)=O)c(F)c1. The van der Waals surface area contributed by atoms with Crippen LogP contribution in [0, 0.1) is 18.7 Å². The number of ether oxygens (including phenoxy) is 2. The van der Waals surface area contributed by atoms with Crippen LogP contribution in [0.1, 0.15) is 28.4 Å². The highest BCUT2D eigenvalue weighted by Crippen LogP contribution is 2.31. The summed E-state index contributed by atoms with van der Waals surface area (Å²) < 4.78 is 28.9. The van der Waals surface area contributed by atoms with Crippen LogP contribution in [0.25, 0.3) is 0 Å². The molecule has 2 heterocycles. The number of urea groups is 1. The Hall–Kier alpha value is -2.76. The molecule has 3 rings (SSSR count). The Morgan fingerprint density at radius 2 is 2.12 bits per heavy atom. The van der Waals surface area contributed by atoms with Gasteiger partial charge in [-0.15, -0.1) is 0 Å². The van der Waals surface area contributed by atoms with Gasteiger partial charge >= 0.3 is 6.03 Å². The summed E-state index contributed by atoms with van der Waals surface area (Å²) >= 11 is 0.874. The molecule has 0 bridgehead atoms. The molecular weight excluding hydrogens is 437 g/mol. The van der Waals surface area contributed by atoms with Crippen molar-refractivity contribution in [1.29, 1.82) is 0 Å². The van der Waals surface area contributed by atoms with Crippen molar-refractivity contribution in [2.45, 2.75) is 20.5 Å². The molecule has 0 aliphatic carbocycles. The van der Waals surface area contributed by atoms with E-state index in [0.29, 0.717) is 12.1 Å². The van der Waals surface area contributed by atoms with E-state index in [1.54, 1.807) is 19.1 Å². The average Bonchev–Trinajstić information content (AvgIpc) is 3.15. The number of amides is 3. The molecule has 4 N–H and O–H groups in total. The zero-order valence-corrected chi connectivity index (χ0v) is 19.0. The van der Waals surface area contributed by atoms with E-state index in [1.165, 1.54) is 6.07 Å². The van der Waals surface area contributed by atoms with Crippen LogP contribution in [-0.4, -0.2) is 60.6 Å². The number of hydrogen-bond donors (Lipinski definition) is 3. The van der Waals surface area contributed by atoms with Gasteiger partial charge in [0.1, 0.15) is 23.0 Å². The predicted octanol–water partition coefficient (Wildman–Crippen LogP) is 2.36. The minimum atomic E-state index is -0.797. The fourth-order valence-corrected chi connectivity index (χ4v) is 4.03. The third-order valence-corrected chi connectivity index (χ3v) is 5.74. The van der Waals surface area contributed by atoms with Gasteiger partial charge in [0.2, 0.25) is 5.88 Å². The van der Waals surface area contributed by atoms with Crippen LogP contribution < -0.4 is 21.1 Å². The molecule has 174 valence electrons. The van der Waals surface area contributed by atoms with Crippen LogP contribution in [0.5, 0.6) is 5.88 Å². The molecule has 1 fully saturated rings. The van der Waals surface area contributed by atoms with Gasteiger partial charge in [-0.05, 0) is 36.0 Å². The Bertz CT molecular complexity index is 948. The molecule has 0 radical (unpaired) electrons. The Morgan fingerprint density at radius 1 is 1.38 bits per heavy atom. The fourth-order valence-electron chi connectivity index (χ4n) is 3.30. The van der Waals surface area contributed by atoms with Crippen molar-refractivity contribution in [3.8, 4) is 5.88 Å². The summed E-state index contributed by atoms with van der Waals surface area (Å²) in [5.41, 5.74) is 6.53. The summed E-state index contributed by atoms with van der Waals surface area (Å²) in [6.07, 6.45) is 0. The van der Waals surface area contributed by atoms with Crippen molar-refractivity contribution in [2.24, 2.45) is 11.7 Å². The van der Waals surface area contributed by atoms with Crippen molar-refractivity contribution in [2.75, 3.05) is 44.7 Å². The number of aryl methyl sites for hydroxylation is 1. The normalized spacial score (nSPS) is 15.2. The van der Waals surface area contributed by atoms with Crippen LogP contribution >= 0.6 is 11.5 Å². The maximum Gasteiger partial charge on any atom is 0.319 e. The first-order chi connectivity index (χ1) is 15.3. The molecule has 32 heavy (non-hydrogen) atoms. The number of anilines is 1. The lowest BCUT2D eigenvalue weighted by Crippen LogP contribution is -2.42. The summed E-state index contributed by atoms with van der Waals surface area (Å²) in [6.45, 7) is 8.24. The molecule has 2 aromatic rings. The van der Waals surface area contributed by atoms with Crippen LogP contribution in [0.3, 0.4) is 0 Å². The lowest BCUT2D eigenvalue weighted by atomic mass is 10.1. The van der Waals surface area contributed by atoms with Crippen molar-refractivity contribution in [1.82, 2.24) is 14.6 Å². The summed E-state index contributed by atoms with van der Waals surface area (Å²) in [4.78, 5) is 26.6. The van der Waals surface area contributed by atoms with Gasteiger partial charge in [0.25, 0.3) is 5.91 Å². The van der Waals surface area contributed by atoms with E-state index in [4.69, 9.17) is 15.2 Å². The number of benzene rings is 1. The summed E-state index contributed by atoms with van der Waals surface area (Å²) in [7, 11) is 0. The third kappa shape index (κ3) is 6.62. The number of hydrogen-bond acceptors (Lipinski definition) is 7. The smallest absolute Gasteiger partial charge is 0.319 e. The Kier molecular flexibility index (Phi) is 8.37. The van der Waals surface area contributed by atoms with Gasteiger partial charge in [-0.2, -0.15) is 4.37 Å². The molecule has 0 spiro atoms.